The minimum Gasteiger partial charge on any atom is -0.337 e. The van der Waals surface area contributed by atoms with Gasteiger partial charge in [0.25, 0.3) is 5.91 Å². The zero-order chi connectivity index (χ0) is 15.0. The third kappa shape index (κ3) is 2.91. The number of nitrogens with one attached hydrogen (secondary N) is 1. The Morgan fingerprint density at radius 1 is 1.43 bits per heavy atom. The molecule has 0 spiro atoms. The molecule has 112 valence electrons. The maximum atomic E-state index is 12.5. The van der Waals surface area contributed by atoms with Crippen LogP contribution in [0.2, 0.25) is 0 Å². The van der Waals surface area contributed by atoms with Gasteiger partial charge < -0.3 is 4.90 Å². The molecule has 1 saturated heterocycles. The first kappa shape index (κ1) is 14.0. The number of rotatable bonds is 3. The lowest BCUT2D eigenvalue weighted by molar-refractivity contribution is 0.0784. The van der Waals surface area contributed by atoms with E-state index < -0.39 is 10.0 Å². The Morgan fingerprint density at radius 3 is 2.95 bits per heavy atom. The van der Waals surface area contributed by atoms with E-state index in [4.69, 9.17) is 5.14 Å². The summed E-state index contributed by atoms with van der Waals surface area (Å²) in [5.74, 6) is -0.364. The van der Waals surface area contributed by atoms with Crippen molar-refractivity contribution in [3.63, 3.8) is 0 Å². The fourth-order valence-corrected chi connectivity index (χ4v) is 3.69. The van der Waals surface area contributed by atoms with Crippen LogP contribution in [-0.4, -0.2) is 48.3 Å². The summed E-state index contributed by atoms with van der Waals surface area (Å²) in [4.78, 5) is 14.1. The van der Waals surface area contributed by atoms with Crippen LogP contribution in [-0.2, 0) is 10.0 Å². The number of carbonyl (C=O) groups is 1. The molecule has 2 heterocycles. The molecule has 3 rings (SSSR count). The average Bonchev–Trinajstić information content (AvgIpc) is 3.02. The summed E-state index contributed by atoms with van der Waals surface area (Å²) in [6.45, 7) is 0.927. The second-order valence-corrected chi connectivity index (χ2v) is 7.01. The van der Waals surface area contributed by atoms with Gasteiger partial charge in [-0.2, -0.15) is 5.10 Å². The SMILES string of the molecule is NS(=O)(=O)CC1CCN(C(=O)c2n[nH]c3ccccc23)C1. The number of amides is 1. The van der Waals surface area contributed by atoms with Crippen molar-refractivity contribution in [1.29, 1.82) is 0 Å². The molecule has 0 radical (unpaired) electrons. The van der Waals surface area contributed by atoms with E-state index in [1.54, 1.807) is 4.90 Å². The summed E-state index contributed by atoms with van der Waals surface area (Å²) in [7, 11) is -3.50. The van der Waals surface area contributed by atoms with Gasteiger partial charge in [0.1, 0.15) is 0 Å². The minimum atomic E-state index is -3.50. The third-order valence-corrected chi connectivity index (χ3v) is 4.65. The Bertz CT molecular complexity index is 784. The minimum absolute atomic E-state index is 0.0852. The Labute approximate surface area is 122 Å². The molecule has 1 aromatic heterocycles. The van der Waals surface area contributed by atoms with Crippen molar-refractivity contribution in [1.82, 2.24) is 15.1 Å². The van der Waals surface area contributed by atoms with E-state index in [-0.39, 0.29) is 17.6 Å². The van der Waals surface area contributed by atoms with Gasteiger partial charge in [0.15, 0.2) is 5.69 Å². The van der Waals surface area contributed by atoms with Gasteiger partial charge in [-0.05, 0) is 18.4 Å². The van der Waals surface area contributed by atoms with Crippen molar-refractivity contribution >= 4 is 26.8 Å². The zero-order valence-corrected chi connectivity index (χ0v) is 12.1. The standard InChI is InChI=1S/C13H16N4O3S/c14-21(19,20)8-9-5-6-17(7-9)13(18)12-10-3-1-2-4-11(10)15-16-12/h1-4,9H,5-8H2,(H,15,16)(H2,14,19,20). The van der Waals surface area contributed by atoms with Crippen LogP contribution in [0.5, 0.6) is 0 Å². The first-order valence-corrected chi connectivity index (χ1v) is 8.38. The van der Waals surface area contributed by atoms with E-state index in [1.807, 2.05) is 24.3 Å². The third-order valence-electron chi connectivity index (χ3n) is 3.71. The number of hydrogen-bond donors (Lipinski definition) is 2. The molecule has 3 N–H and O–H groups in total. The quantitative estimate of drug-likeness (QED) is 0.850. The second kappa shape index (κ2) is 5.12. The summed E-state index contributed by atoms with van der Waals surface area (Å²) < 4.78 is 22.2. The second-order valence-electron chi connectivity index (χ2n) is 5.35. The number of aromatic amines is 1. The molecule has 2 aromatic rings. The number of nitrogens with zero attached hydrogens (tertiary/aromatic N) is 2. The Kier molecular flexibility index (Phi) is 3.42. The molecular weight excluding hydrogens is 292 g/mol. The number of carbonyl (C=O) groups excluding carboxylic acids is 1. The van der Waals surface area contributed by atoms with Crippen LogP contribution < -0.4 is 5.14 Å². The summed E-state index contributed by atoms with van der Waals surface area (Å²) in [6, 6.07) is 7.41. The Morgan fingerprint density at radius 2 is 2.19 bits per heavy atom. The highest BCUT2D eigenvalue weighted by atomic mass is 32.2. The topological polar surface area (TPSA) is 109 Å². The maximum absolute atomic E-state index is 12.5. The normalized spacial score (nSPS) is 19.3. The number of aromatic nitrogens is 2. The smallest absolute Gasteiger partial charge is 0.275 e. The Hall–Kier alpha value is -1.93. The average molecular weight is 308 g/mol. The van der Waals surface area contributed by atoms with E-state index in [0.29, 0.717) is 25.2 Å². The van der Waals surface area contributed by atoms with Crippen molar-refractivity contribution < 1.29 is 13.2 Å². The van der Waals surface area contributed by atoms with Crippen molar-refractivity contribution in [3.05, 3.63) is 30.0 Å². The molecule has 1 aliphatic rings. The number of sulfonamides is 1. The predicted octanol–water partition coefficient (Wildman–Crippen LogP) is 0.314. The van der Waals surface area contributed by atoms with Crippen LogP contribution in [0.25, 0.3) is 10.9 Å². The molecule has 8 heteroatoms. The monoisotopic (exact) mass is 308 g/mol. The van der Waals surface area contributed by atoms with E-state index in [0.717, 1.165) is 10.9 Å². The van der Waals surface area contributed by atoms with Crippen molar-refractivity contribution in [3.8, 4) is 0 Å². The molecule has 0 saturated carbocycles. The number of benzene rings is 1. The molecule has 1 amide bonds. The van der Waals surface area contributed by atoms with Gasteiger partial charge in [0.2, 0.25) is 10.0 Å². The number of para-hydroxylation sites is 1. The fourth-order valence-electron chi connectivity index (χ4n) is 2.76. The lowest BCUT2D eigenvalue weighted by atomic mass is 10.1. The van der Waals surface area contributed by atoms with Crippen molar-refractivity contribution in [2.75, 3.05) is 18.8 Å². The number of nitrogens with two attached hydrogens (primary N) is 1. The highest BCUT2D eigenvalue weighted by Gasteiger charge is 2.30. The molecule has 1 aromatic carbocycles. The van der Waals surface area contributed by atoms with Crippen molar-refractivity contribution in [2.45, 2.75) is 6.42 Å². The van der Waals surface area contributed by atoms with E-state index >= 15 is 0 Å². The zero-order valence-electron chi connectivity index (χ0n) is 11.3. The van der Waals surface area contributed by atoms with Crippen LogP contribution in [0.4, 0.5) is 0 Å². The van der Waals surface area contributed by atoms with E-state index in [2.05, 4.69) is 10.2 Å². The molecular formula is C13H16N4O3S. The molecule has 1 fully saturated rings. The van der Waals surface area contributed by atoms with Crippen LogP contribution in [0.15, 0.2) is 24.3 Å². The van der Waals surface area contributed by atoms with Gasteiger partial charge in [-0.15, -0.1) is 0 Å². The molecule has 21 heavy (non-hydrogen) atoms. The molecule has 1 aliphatic heterocycles. The summed E-state index contributed by atoms with van der Waals surface area (Å²) in [5.41, 5.74) is 1.18. The summed E-state index contributed by atoms with van der Waals surface area (Å²) in [5, 5.41) is 12.7. The van der Waals surface area contributed by atoms with Gasteiger partial charge in [-0.1, -0.05) is 18.2 Å². The summed E-state index contributed by atoms with van der Waals surface area (Å²) >= 11 is 0. The molecule has 0 bridgehead atoms. The van der Waals surface area contributed by atoms with Gasteiger partial charge in [-0.25, -0.2) is 13.6 Å². The highest BCUT2D eigenvalue weighted by Crippen LogP contribution is 2.22. The number of likely N-dealkylation sites (tertiary alicyclic amines) is 1. The van der Waals surface area contributed by atoms with Gasteiger partial charge in [0.05, 0.1) is 11.3 Å². The lowest BCUT2D eigenvalue weighted by Crippen LogP contribution is -2.31. The van der Waals surface area contributed by atoms with Gasteiger partial charge in [0, 0.05) is 18.5 Å². The predicted molar refractivity (Wildman–Crippen MR) is 78.1 cm³/mol. The van der Waals surface area contributed by atoms with Gasteiger partial charge >= 0.3 is 0 Å². The Balaban J connectivity index is 1.78. The maximum Gasteiger partial charge on any atom is 0.275 e. The lowest BCUT2D eigenvalue weighted by Gasteiger charge is -2.15. The van der Waals surface area contributed by atoms with Crippen molar-refractivity contribution in [2.24, 2.45) is 11.1 Å². The number of fused-ring (bicyclic) bond motifs is 1. The van der Waals surface area contributed by atoms with Crippen LogP contribution in [0.3, 0.4) is 0 Å². The molecule has 1 atom stereocenters. The van der Waals surface area contributed by atoms with Crippen LogP contribution in [0, 0.1) is 5.92 Å². The fraction of sp³-hybridized carbons (Fsp3) is 0.385. The van der Waals surface area contributed by atoms with Crippen LogP contribution in [0.1, 0.15) is 16.9 Å². The van der Waals surface area contributed by atoms with Crippen LogP contribution >= 0.6 is 0 Å². The van der Waals surface area contributed by atoms with E-state index in [1.165, 1.54) is 0 Å². The summed E-state index contributed by atoms with van der Waals surface area (Å²) in [6.07, 6.45) is 0.643. The molecule has 7 nitrogen and oxygen atoms in total. The first-order chi connectivity index (χ1) is 9.94. The molecule has 1 unspecified atom stereocenters. The first-order valence-electron chi connectivity index (χ1n) is 6.67. The largest absolute Gasteiger partial charge is 0.337 e. The van der Waals surface area contributed by atoms with Gasteiger partial charge in [-0.3, -0.25) is 9.89 Å². The molecule has 0 aliphatic carbocycles. The number of H-pyrrole nitrogens is 1. The number of primary sulfonamides is 1. The van der Waals surface area contributed by atoms with E-state index in [9.17, 15) is 13.2 Å². The highest BCUT2D eigenvalue weighted by molar-refractivity contribution is 7.89. The number of hydrogen-bond acceptors (Lipinski definition) is 4.